The number of nitrogens with one attached hydrogen (secondary N) is 1. The summed E-state index contributed by atoms with van der Waals surface area (Å²) in [7, 11) is -3.41. The Hall–Kier alpha value is -0.820. The normalized spacial score (nSPS) is 11.5. The molecule has 0 heterocycles. The van der Waals surface area contributed by atoms with Gasteiger partial charge in [-0.2, -0.15) is 11.8 Å². The molecule has 0 aliphatic heterocycles. The zero-order chi connectivity index (χ0) is 15.1. The minimum absolute atomic E-state index is 0.291. The van der Waals surface area contributed by atoms with E-state index in [-0.39, 0.29) is 0 Å². The number of thioether (sulfide) groups is 1. The lowest BCUT2D eigenvalue weighted by molar-refractivity contribution is 0.584. The highest BCUT2D eigenvalue weighted by molar-refractivity contribution is 9.10. The Morgan fingerprint density at radius 2 is 1.67 bits per heavy atom. The van der Waals surface area contributed by atoms with Gasteiger partial charge < -0.3 is 0 Å². The first kappa shape index (κ1) is 16.5. The van der Waals surface area contributed by atoms with E-state index in [1.165, 1.54) is 5.56 Å². The fourth-order valence-corrected chi connectivity index (χ4v) is 3.95. The van der Waals surface area contributed by atoms with Gasteiger partial charge in [0.2, 0.25) is 10.0 Å². The third-order valence-corrected chi connectivity index (χ3v) is 5.81. The van der Waals surface area contributed by atoms with Crippen molar-refractivity contribution in [2.75, 3.05) is 12.3 Å². The van der Waals surface area contributed by atoms with Crippen molar-refractivity contribution in [1.29, 1.82) is 0 Å². The van der Waals surface area contributed by atoms with Gasteiger partial charge in [0.25, 0.3) is 0 Å². The molecule has 0 saturated heterocycles. The molecule has 0 aliphatic carbocycles. The molecular formula is C15H16BrNO2S2. The van der Waals surface area contributed by atoms with Crippen LogP contribution in [0.15, 0.2) is 64.0 Å². The largest absolute Gasteiger partial charge is 0.240 e. The van der Waals surface area contributed by atoms with Crippen molar-refractivity contribution >= 4 is 37.7 Å². The quantitative estimate of drug-likeness (QED) is 0.739. The van der Waals surface area contributed by atoms with E-state index >= 15 is 0 Å². The van der Waals surface area contributed by atoms with Crippen molar-refractivity contribution < 1.29 is 8.42 Å². The van der Waals surface area contributed by atoms with Gasteiger partial charge in [-0.3, -0.25) is 0 Å². The second-order valence-corrected chi connectivity index (χ2v) is 8.18. The lowest BCUT2D eigenvalue weighted by Gasteiger charge is -2.07. The summed E-state index contributed by atoms with van der Waals surface area (Å²) in [4.78, 5) is 0.291. The number of benzene rings is 2. The summed E-state index contributed by atoms with van der Waals surface area (Å²) < 4.78 is 27.6. The second kappa shape index (κ2) is 7.98. The highest BCUT2D eigenvalue weighted by Crippen LogP contribution is 2.15. The molecule has 0 aliphatic rings. The fourth-order valence-electron chi connectivity index (χ4n) is 1.71. The third kappa shape index (κ3) is 5.47. The number of halogens is 1. The van der Waals surface area contributed by atoms with Gasteiger partial charge in [-0.1, -0.05) is 46.3 Å². The topological polar surface area (TPSA) is 46.2 Å². The molecule has 3 nitrogen and oxygen atoms in total. The molecule has 6 heteroatoms. The van der Waals surface area contributed by atoms with Crippen LogP contribution in [0, 0.1) is 0 Å². The first-order valence-electron chi connectivity index (χ1n) is 6.45. The van der Waals surface area contributed by atoms with E-state index in [4.69, 9.17) is 0 Å². The van der Waals surface area contributed by atoms with Crippen LogP contribution in [0.3, 0.4) is 0 Å². The van der Waals surface area contributed by atoms with Crippen LogP contribution in [0.4, 0.5) is 0 Å². The molecule has 0 atom stereocenters. The molecule has 0 fully saturated rings. The zero-order valence-electron chi connectivity index (χ0n) is 11.3. The van der Waals surface area contributed by atoms with E-state index in [2.05, 4.69) is 32.8 Å². The first-order chi connectivity index (χ1) is 10.1. The number of sulfonamides is 1. The Morgan fingerprint density at radius 1 is 1.00 bits per heavy atom. The van der Waals surface area contributed by atoms with Crippen LogP contribution in [0.25, 0.3) is 0 Å². The van der Waals surface area contributed by atoms with Crippen molar-refractivity contribution in [2.24, 2.45) is 0 Å². The molecule has 1 N–H and O–H groups in total. The van der Waals surface area contributed by atoms with E-state index < -0.39 is 10.0 Å². The molecule has 2 aromatic rings. The molecule has 0 radical (unpaired) electrons. The molecular weight excluding hydrogens is 370 g/mol. The lowest BCUT2D eigenvalue weighted by Crippen LogP contribution is -2.26. The minimum atomic E-state index is -3.41. The van der Waals surface area contributed by atoms with Crippen LogP contribution in [-0.2, 0) is 15.8 Å². The van der Waals surface area contributed by atoms with E-state index in [0.29, 0.717) is 11.4 Å². The predicted octanol–water partition coefficient (Wildman–Crippen LogP) is 3.66. The van der Waals surface area contributed by atoms with Gasteiger partial charge in [0, 0.05) is 22.5 Å². The highest BCUT2D eigenvalue weighted by atomic mass is 79.9. The maximum atomic E-state index is 12.0. The van der Waals surface area contributed by atoms with Gasteiger partial charge in [-0.05, 0) is 29.8 Å². The molecule has 2 aromatic carbocycles. The SMILES string of the molecule is O=S(=O)(NCCSCc1ccccc1)c1ccc(Br)cc1. The summed E-state index contributed by atoms with van der Waals surface area (Å²) in [5.74, 6) is 1.63. The van der Waals surface area contributed by atoms with Gasteiger partial charge in [-0.25, -0.2) is 13.1 Å². The lowest BCUT2D eigenvalue weighted by atomic mass is 10.2. The van der Waals surface area contributed by atoms with Crippen molar-refractivity contribution in [3.63, 3.8) is 0 Å². The molecule has 0 saturated carbocycles. The Bertz CT molecular complexity index is 658. The average molecular weight is 386 g/mol. The van der Waals surface area contributed by atoms with E-state index in [0.717, 1.165) is 16.0 Å². The summed E-state index contributed by atoms with van der Waals surface area (Å²) in [5.41, 5.74) is 1.25. The van der Waals surface area contributed by atoms with E-state index in [1.54, 1.807) is 36.0 Å². The molecule has 112 valence electrons. The Morgan fingerprint density at radius 3 is 2.33 bits per heavy atom. The smallest absolute Gasteiger partial charge is 0.210 e. The summed E-state index contributed by atoms with van der Waals surface area (Å²) in [6, 6.07) is 16.8. The van der Waals surface area contributed by atoms with Crippen LogP contribution in [-0.4, -0.2) is 20.7 Å². The van der Waals surface area contributed by atoms with Crippen LogP contribution in [0.1, 0.15) is 5.56 Å². The third-order valence-electron chi connectivity index (χ3n) is 2.77. The summed E-state index contributed by atoms with van der Waals surface area (Å²) in [6.45, 7) is 0.426. The van der Waals surface area contributed by atoms with Crippen LogP contribution in [0.5, 0.6) is 0 Å². The van der Waals surface area contributed by atoms with Gasteiger partial charge in [0.15, 0.2) is 0 Å². The van der Waals surface area contributed by atoms with Crippen molar-refractivity contribution in [1.82, 2.24) is 4.72 Å². The first-order valence-corrected chi connectivity index (χ1v) is 9.88. The Balaban J connectivity index is 1.76. The molecule has 21 heavy (non-hydrogen) atoms. The molecule has 2 rings (SSSR count). The maximum Gasteiger partial charge on any atom is 0.240 e. The molecule has 0 amide bonds. The van der Waals surface area contributed by atoms with Gasteiger partial charge in [0.05, 0.1) is 4.90 Å². The Kier molecular flexibility index (Phi) is 6.29. The number of hydrogen-bond acceptors (Lipinski definition) is 3. The molecule has 0 unspecified atom stereocenters. The summed E-state index contributed by atoms with van der Waals surface area (Å²) >= 11 is 5.00. The molecule has 0 spiro atoms. The van der Waals surface area contributed by atoms with Crippen molar-refractivity contribution in [2.45, 2.75) is 10.6 Å². The van der Waals surface area contributed by atoms with Crippen molar-refractivity contribution in [3.05, 3.63) is 64.6 Å². The monoisotopic (exact) mass is 385 g/mol. The maximum absolute atomic E-state index is 12.0. The standard InChI is InChI=1S/C15H16BrNO2S2/c16-14-6-8-15(9-7-14)21(18,19)17-10-11-20-12-13-4-2-1-3-5-13/h1-9,17H,10-12H2. The van der Waals surface area contributed by atoms with E-state index in [9.17, 15) is 8.42 Å². The molecule has 0 bridgehead atoms. The predicted molar refractivity (Wildman–Crippen MR) is 91.9 cm³/mol. The fraction of sp³-hybridized carbons (Fsp3) is 0.200. The van der Waals surface area contributed by atoms with E-state index in [1.807, 2.05) is 18.2 Å². The summed E-state index contributed by atoms with van der Waals surface area (Å²) in [6.07, 6.45) is 0. The highest BCUT2D eigenvalue weighted by Gasteiger charge is 2.12. The minimum Gasteiger partial charge on any atom is -0.210 e. The molecule has 0 aromatic heterocycles. The number of hydrogen-bond donors (Lipinski definition) is 1. The van der Waals surface area contributed by atoms with Gasteiger partial charge >= 0.3 is 0 Å². The second-order valence-electron chi connectivity index (χ2n) is 4.39. The zero-order valence-corrected chi connectivity index (χ0v) is 14.5. The average Bonchev–Trinajstić information content (AvgIpc) is 2.48. The van der Waals surface area contributed by atoms with Crippen LogP contribution in [0.2, 0.25) is 0 Å². The summed E-state index contributed by atoms with van der Waals surface area (Å²) in [5, 5.41) is 0. The van der Waals surface area contributed by atoms with Crippen LogP contribution < -0.4 is 4.72 Å². The van der Waals surface area contributed by atoms with Crippen LogP contribution >= 0.6 is 27.7 Å². The number of rotatable bonds is 7. The van der Waals surface area contributed by atoms with Crippen molar-refractivity contribution in [3.8, 4) is 0 Å². The van der Waals surface area contributed by atoms with Gasteiger partial charge in [-0.15, -0.1) is 0 Å². The van der Waals surface area contributed by atoms with Gasteiger partial charge in [0.1, 0.15) is 0 Å². The Labute approximate surface area is 138 Å².